The van der Waals surface area contributed by atoms with Gasteiger partial charge in [-0.05, 0) is 49.8 Å². The molecule has 1 amide bonds. The van der Waals surface area contributed by atoms with Gasteiger partial charge >= 0.3 is 10.2 Å². The van der Waals surface area contributed by atoms with E-state index in [1.165, 1.54) is 4.31 Å². The van der Waals surface area contributed by atoms with Crippen LogP contribution in [0.2, 0.25) is 0 Å². The molecule has 0 atom stereocenters. The smallest absolute Gasteiger partial charge is 0.304 e. The second-order valence-corrected chi connectivity index (χ2v) is 12.5. The Hall–Kier alpha value is -3.06. The fourth-order valence-corrected chi connectivity index (χ4v) is 6.90. The quantitative estimate of drug-likeness (QED) is 0.441. The van der Waals surface area contributed by atoms with Crippen molar-refractivity contribution in [3.05, 3.63) is 47.8 Å². The Morgan fingerprint density at radius 2 is 1.80 bits per heavy atom. The van der Waals surface area contributed by atoms with Gasteiger partial charge in [0, 0.05) is 45.8 Å². The van der Waals surface area contributed by atoms with E-state index >= 15 is 0 Å². The van der Waals surface area contributed by atoms with Crippen LogP contribution in [0.25, 0.3) is 16.7 Å². The maximum absolute atomic E-state index is 13.5. The molecular formula is C28H36N6O5S. The SMILES string of the molecule is COCC1CCN(c2cc(C(=O)NS(=O)(=O)N3CCOCC3)nc3c2c(C2CCC2)nn3-c2ccccc2)CC1. The van der Waals surface area contributed by atoms with E-state index in [2.05, 4.69) is 9.62 Å². The third kappa shape index (κ3) is 5.32. The van der Waals surface area contributed by atoms with Crippen molar-refractivity contribution in [1.82, 2.24) is 23.8 Å². The van der Waals surface area contributed by atoms with Crippen molar-refractivity contribution < 1.29 is 22.7 Å². The van der Waals surface area contributed by atoms with Gasteiger partial charge in [-0.3, -0.25) is 4.79 Å². The normalized spacial score (nSPS) is 19.6. The average Bonchev–Trinajstić information content (AvgIpc) is 3.32. The first-order valence-corrected chi connectivity index (χ1v) is 15.5. The molecule has 2 aliphatic heterocycles. The second-order valence-electron chi connectivity index (χ2n) is 10.8. The summed E-state index contributed by atoms with van der Waals surface area (Å²) >= 11 is 0. The predicted octanol–water partition coefficient (Wildman–Crippen LogP) is 2.86. The minimum absolute atomic E-state index is 0.0515. The van der Waals surface area contributed by atoms with E-state index < -0.39 is 16.1 Å². The van der Waals surface area contributed by atoms with E-state index in [-0.39, 0.29) is 18.8 Å². The summed E-state index contributed by atoms with van der Waals surface area (Å²) in [6.07, 6.45) is 5.23. The van der Waals surface area contributed by atoms with Crippen LogP contribution < -0.4 is 9.62 Å². The largest absolute Gasteiger partial charge is 0.384 e. The number of benzene rings is 1. The molecule has 1 N–H and O–H groups in total. The Balaban J connectivity index is 1.44. The Bertz CT molecular complexity index is 1460. The minimum Gasteiger partial charge on any atom is -0.384 e. The third-order valence-corrected chi connectivity index (χ3v) is 9.75. The van der Waals surface area contributed by atoms with Gasteiger partial charge in [-0.2, -0.15) is 17.8 Å². The maximum Gasteiger partial charge on any atom is 0.304 e. The fraction of sp³-hybridized carbons (Fsp3) is 0.536. The number of methoxy groups -OCH3 is 1. The van der Waals surface area contributed by atoms with Crippen molar-refractivity contribution in [2.24, 2.45) is 5.92 Å². The highest BCUT2D eigenvalue weighted by atomic mass is 32.2. The number of nitrogens with zero attached hydrogens (tertiary/aromatic N) is 5. The number of hydrogen-bond acceptors (Lipinski definition) is 8. The van der Waals surface area contributed by atoms with Crippen LogP contribution in [0.15, 0.2) is 36.4 Å². The number of piperidine rings is 1. The van der Waals surface area contributed by atoms with Crippen molar-refractivity contribution in [2.75, 3.05) is 58.0 Å². The minimum atomic E-state index is -4.04. The molecule has 1 aliphatic carbocycles. The molecule has 0 radical (unpaired) electrons. The number of para-hydroxylation sites is 1. The number of morpholine rings is 1. The number of carbonyl (C=O) groups is 1. The number of aromatic nitrogens is 3. The predicted molar refractivity (Wildman–Crippen MR) is 151 cm³/mol. The topological polar surface area (TPSA) is 119 Å². The number of pyridine rings is 1. The van der Waals surface area contributed by atoms with Crippen LogP contribution in [0, 0.1) is 5.92 Å². The van der Waals surface area contributed by atoms with Crippen LogP contribution in [-0.4, -0.2) is 86.5 Å². The molecule has 40 heavy (non-hydrogen) atoms. The molecule has 0 unspecified atom stereocenters. The van der Waals surface area contributed by atoms with Crippen molar-refractivity contribution in [3.8, 4) is 5.69 Å². The van der Waals surface area contributed by atoms with Crippen LogP contribution in [0.4, 0.5) is 5.69 Å². The van der Waals surface area contributed by atoms with Crippen LogP contribution in [0.3, 0.4) is 0 Å². The average molecular weight is 569 g/mol. The highest BCUT2D eigenvalue weighted by Crippen LogP contribution is 2.43. The summed E-state index contributed by atoms with van der Waals surface area (Å²) in [5.74, 6) is 0.0634. The highest BCUT2D eigenvalue weighted by Gasteiger charge is 2.33. The zero-order valence-corrected chi connectivity index (χ0v) is 23.6. The summed E-state index contributed by atoms with van der Waals surface area (Å²) in [5, 5.41) is 6.02. The first-order chi connectivity index (χ1) is 19.4. The Labute approximate surface area is 234 Å². The van der Waals surface area contributed by atoms with E-state index in [9.17, 15) is 13.2 Å². The molecule has 12 heteroatoms. The molecule has 11 nitrogen and oxygen atoms in total. The van der Waals surface area contributed by atoms with Gasteiger partial charge in [-0.25, -0.2) is 14.4 Å². The molecule has 0 spiro atoms. The van der Waals surface area contributed by atoms with Crippen molar-refractivity contribution in [1.29, 1.82) is 0 Å². The molecular weight excluding hydrogens is 532 g/mol. The molecule has 1 aromatic carbocycles. The lowest BCUT2D eigenvalue weighted by atomic mass is 9.82. The van der Waals surface area contributed by atoms with Crippen LogP contribution in [0.5, 0.6) is 0 Å². The van der Waals surface area contributed by atoms with Gasteiger partial charge in [0.05, 0.1) is 35.7 Å². The van der Waals surface area contributed by atoms with Crippen molar-refractivity contribution in [2.45, 2.75) is 38.0 Å². The zero-order chi connectivity index (χ0) is 27.7. The molecule has 6 rings (SSSR count). The number of carbonyl (C=O) groups excluding carboxylic acids is 1. The molecule has 3 aromatic rings. The summed E-state index contributed by atoms with van der Waals surface area (Å²) in [6, 6.07) is 11.5. The molecule has 3 aliphatic rings. The van der Waals surface area contributed by atoms with E-state index in [0.29, 0.717) is 30.7 Å². The lowest BCUT2D eigenvalue weighted by molar-refractivity contribution is 0.0718. The van der Waals surface area contributed by atoms with Gasteiger partial charge in [0.1, 0.15) is 5.69 Å². The van der Waals surface area contributed by atoms with E-state index in [1.807, 2.05) is 30.3 Å². The standard InChI is InChI=1S/C28H36N6O5S/c1-38-19-20-10-12-32(13-11-20)24-18-23(28(35)31-40(36,37)33-14-16-39-17-15-33)29-27-25(24)26(21-6-5-7-21)30-34(27)22-8-3-2-4-9-22/h2-4,8-9,18,20-21H,5-7,10-17,19H2,1H3,(H,31,35). The Morgan fingerprint density at radius 3 is 2.45 bits per heavy atom. The molecule has 2 saturated heterocycles. The summed E-state index contributed by atoms with van der Waals surface area (Å²) in [6.45, 7) is 3.32. The lowest BCUT2D eigenvalue weighted by Gasteiger charge is -2.34. The maximum atomic E-state index is 13.5. The zero-order valence-electron chi connectivity index (χ0n) is 22.8. The van der Waals surface area contributed by atoms with Gasteiger partial charge in [0.25, 0.3) is 5.91 Å². The number of hydrogen-bond donors (Lipinski definition) is 1. The van der Waals surface area contributed by atoms with Gasteiger partial charge in [0.2, 0.25) is 0 Å². The van der Waals surface area contributed by atoms with E-state index in [4.69, 9.17) is 19.6 Å². The molecule has 2 aromatic heterocycles. The van der Waals surface area contributed by atoms with Crippen molar-refractivity contribution >= 4 is 32.8 Å². The van der Waals surface area contributed by atoms with E-state index in [1.54, 1.807) is 17.9 Å². The first-order valence-electron chi connectivity index (χ1n) is 14.1. The molecule has 1 saturated carbocycles. The Kier molecular flexibility index (Phi) is 7.76. The van der Waals surface area contributed by atoms with Crippen molar-refractivity contribution in [3.63, 3.8) is 0 Å². The number of amides is 1. The summed E-state index contributed by atoms with van der Waals surface area (Å²) in [5.41, 5.74) is 3.35. The second kappa shape index (κ2) is 11.4. The molecule has 0 bridgehead atoms. The molecule has 3 fully saturated rings. The number of fused-ring (bicyclic) bond motifs is 1. The summed E-state index contributed by atoms with van der Waals surface area (Å²) in [7, 11) is -2.30. The fourth-order valence-electron chi connectivity index (χ4n) is 5.80. The number of nitrogens with one attached hydrogen (secondary N) is 1. The van der Waals surface area contributed by atoms with Gasteiger partial charge < -0.3 is 14.4 Å². The third-order valence-electron chi connectivity index (χ3n) is 8.26. The summed E-state index contributed by atoms with van der Waals surface area (Å²) < 4.78 is 42.0. The Morgan fingerprint density at radius 1 is 1.07 bits per heavy atom. The number of rotatable bonds is 8. The van der Waals surface area contributed by atoms with E-state index in [0.717, 1.165) is 74.3 Å². The number of anilines is 1. The van der Waals surface area contributed by atoms with Gasteiger partial charge in [-0.15, -0.1) is 0 Å². The lowest BCUT2D eigenvalue weighted by Crippen LogP contribution is -2.48. The first kappa shape index (κ1) is 27.1. The summed E-state index contributed by atoms with van der Waals surface area (Å²) in [4.78, 5) is 20.6. The van der Waals surface area contributed by atoms with Crippen LogP contribution >= 0.6 is 0 Å². The van der Waals surface area contributed by atoms with Crippen LogP contribution in [-0.2, 0) is 19.7 Å². The monoisotopic (exact) mass is 568 g/mol. The van der Waals surface area contributed by atoms with Crippen LogP contribution in [0.1, 0.15) is 54.2 Å². The highest BCUT2D eigenvalue weighted by molar-refractivity contribution is 7.87. The molecule has 4 heterocycles. The molecule has 214 valence electrons. The number of ether oxygens (including phenoxy) is 2. The van der Waals surface area contributed by atoms with Gasteiger partial charge in [-0.1, -0.05) is 24.6 Å². The van der Waals surface area contributed by atoms with Gasteiger partial charge in [0.15, 0.2) is 5.65 Å².